The van der Waals surface area contributed by atoms with E-state index in [-0.39, 0.29) is 12.5 Å². The van der Waals surface area contributed by atoms with Gasteiger partial charge in [-0.1, -0.05) is 44.5 Å². The molecule has 2 N–H and O–H groups in total. The van der Waals surface area contributed by atoms with Crippen LogP contribution in [0.2, 0.25) is 0 Å². The summed E-state index contributed by atoms with van der Waals surface area (Å²) in [4.78, 5) is 28.5. The lowest BCUT2D eigenvalue weighted by Gasteiger charge is -2.42. The summed E-state index contributed by atoms with van der Waals surface area (Å²) in [7, 11) is -1.23. The lowest BCUT2D eigenvalue weighted by Crippen LogP contribution is -2.42. The molecule has 8 nitrogen and oxygen atoms in total. The molecule has 1 fully saturated rings. The predicted octanol–water partition coefficient (Wildman–Crippen LogP) is 4.89. The second-order valence-electron chi connectivity index (χ2n) is 9.77. The van der Waals surface area contributed by atoms with Gasteiger partial charge in [-0.15, -0.1) is 11.3 Å². The summed E-state index contributed by atoms with van der Waals surface area (Å²) < 4.78 is 18.0. The molecule has 3 heterocycles. The number of benzene rings is 1. The average Bonchev–Trinajstić information content (AvgIpc) is 3.51. The van der Waals surface area contributed by atoms with Crippen molar-refractivity contribution < 1.29 is 18.5 Å². The predicted molar refractivity (Wildman–Crippen MR) is 150 cm³/mol. The van der Waals surface area contributed by atoms with Gasteiger partial charge in [0, 0.05) is 35.0 Å². The van der Waals surface area contributed by atoms with Crippen LogP contribution in [0.4, 0.5) is 5.13 Å². The van der Waals surface area contributed by atoms with Gasteiger partial charge in [0.1, 0.15) is 11.0 Å². The minimum Gasteiger partial charge on any atom is -0.380 e. The van der Waals surface area contributed by atoms with Crippen LogP contribution in [-0.2, 0) is 20.5 Å². The highest BCUT2D eigenvalue weighted by molar-refractivity contribution is 7.82. The van der Waals surface area contributed by atoms with E-state index in [1.54, 1.807) is 12.3 Å². The molecule has 1 aliphatic heterocycles. The summed E-state index contributed by atoms with van der Waals surface area (Å²) in [6, 6.07) is 9.50. The fourth-order valence-corrected chi connectivity index (χ4v) is 5.32. The van der Waals surface area contributed by atoms with E-state index >= 15 is 0 Å². The van der Waals surface area contributed by atoms with Crippen LogP contribution >= 0.6 is 11.3 Å². The number of amides is 2. The van der Waals surface area contributed by atoms with Crippen LogP contribution in [0, 0.1) is 18.3 Å². The Kier molecular flexibility index (Phi) is 10.2. The molecule has 0 saturated carbocycles. The molecule has 2 amide bonds. The van der Waals surface area contributed by atoms with E-state index in [1.807, 2.05) is 36.6 Å². The van der Waals surface area contributed by atoms with Gasteiger partial charge < -0.3 is 15.4 Å². The third-order valence-corrected chi connectivity index (χ3v) is 7.69. The van der Waals surface area contributed by atoms with Crippen molar-refractivity contribution in [3.05, 3.63) is 59.2 Å². The average molecular weight is 545 g/mol. The van der Waals surface area contributed by atoms with Crippen molar-refractivity contribution in [1.29, 1.82) is 0 Å². The monoisotopic (exact) mass is 544 g/mol. The van der Waals surface area contributed by atoms with Crippen LogP contribution in [0.1, 0.15) is 49.5 Å². The lowest BCUT2D eigenvalue weighted by atomic mass is 9.76. The Hall–Kier alpha value is -2.82. The van der Waals surface area contributed by atoms with Crippen molar-refractivity contribution in [2.24, 2.45) is 11.3 Å². The van der Waals surface area contributed by atoms with Gasteiger partial charge in [0.25, 0.3) is 5.91 Å². The maximum absolute atomic E-state index is 12.0. The molecule has 1 aliphatic rings. The molecule has 1 unspecified atom stereocenters. The number of nitrogens with one attached hydrogen (secondary N) is 2. The Labute approximate surface area is 225 Å². The number of hydrogen-bond donors (Lipinski definition) is 2. The van der Waals surface area contributed by atoms with Crippen molar-refractivity contribution in [2.75, 3.05) is 31.3 Å². The van der Waals surface area contributed by atoms with Crippen molar-refractivity contribution >= 4 is 39.3 Å². The number of aryl methyl sites for hydroxylation is 1. The summed E-state index contributed by atoms with van der Waals surface area (Å²) in [6.07, 6.45) is 7.15. The Morgan fingerprint density at radius 3 is 2.57 bits per heavy atom. The molecule has 1 saturated heterocycles. The van der Waals surface area contributed by atoms with Gasteiger partial charge in [-0.05, 0) is 37.8 Å². The second kappa shape index (κ2) is 13.1. The van der Waals surface area contributed by atoms with E-state index in [0.717, 1.165) is 36.0 Å². The van der Waals surface area contributed by atoms with Crippen LogP contribution in [0.25, 0.3) is 11.3 Å². The Morgan fingerprint density at radius 2 is 2.03 bits per heavy atom. The molecule has 0 radical (unpaired) electrons. The molecular weight excluding hydrogens is 508 g/mol. The van der Waals surface area contributed by atoms with E-state index in [0.29, 0.717) is 16.1 Å². The number of carbonyl (C=O) groups excluding carboxylic acids is 2. The standard InChI is InChI=1S/C18H18N4O3S2.C9H18O/c1-12-4-3-5-13(8-12)15-11-26-18(20-15)21-16(23)9-19-17(24)14-6-7-22(10-14)27(2)25;1-4-9(5-8(2)3)6-10-7-9/h3-8,10-11H,9H2,1-2H3,(H,19,24)(H,20,21,23);8H,4-7H2,1-3H3. The number of hydrogen-bond acceptors (Lipinski definition) is 6. The summed E-state index contributed by atoms with van der Waals surface area (Å²) >= 11 is 1.32. The number of thiazole rings is 1. The van der Waals surface area contributed by atoms with E-state index in [2.05, 4.69) is 36.4 Å². The lowest BCUT2D eigenvalue weighted by molar-refractivity contribution is -0.124. The van der Waals surface area contributed by atoms with E-state index in [4.69, 9.17) is 4.74 Å². The molecule has 3 aromatic rings. The van der Waals surface area contributed by atoms with Gasteiger partial charge in [0.15, 0.2) is 5.13 Å². The molecule has 1 aromatic carbocycles. The van der Waals surface area contributed by atoms with Crippen LogP contribution in [0.3, 0.4) is 0 Å². The van der Waals surface area contributed by atoms with Crippen molar-refractivity contribution in [1.82, 2.24) is 14.3 Å². The van der Waals surface area contributed by atoms with Crippen LogP contribution in [-0.4, -0.2) is 51.0 Å². The number of aromatic nitrogens is 2. The quantitative estimate of drug-likeness (QED) is 0.399. The largest absolute Gasteiger partial charge is 0.380 e. The van der Waals surface area contributed by atoms with Crippen LogP contribution in [0.5, 0.6) is 0 Å². The van der Waals surface area contributed by atoms with Crippen LogP contribution < -0.4 is 10.6 Å². The first-order chi connectivity index (χ1) is 17.6. The Bertz CT molecular complexity index is 1220. The molecule has 200 valence electrons. The van der Waals surface area contributed by atoms with Crippen molar-refractivity contribution in [3.8, 4) is 11.3 Å². The zero-order valence-corrected chi connectivity index (χ0v) is 23.7. The molecule has 0 aliphatic carbocycles. The highest BCUT2D eigenvalue weighted by Gasteiger charge is 2.36. The van der Waals surface area contributed by atoms with Gasteiger partial charge in [-0.3, -0.25) is 13.6 Å². The first kappa shape index (κ1) is 28.7. The minimum atomic E-state index is -1.23. The van der Waals surface area contributed by atoms with Crippen molar-refractivity contribution in [2.45, 2.75) is 40.5 Å². The molecule has 1 atom stereocenters. The molecule has 0 spiro atoms. The summed E-state index contributed by atoms with van der Waals surface area (Å²) in [6.45, 7) is 10.7. The summed E-state index contributed by atoms with van der Waals surface area (Å²) in [5.74, 6) is 0.0461. The smallest absolute Gasteiger partial charge is 0.253 e. The number of nitrogens with zero attached hydrogens (tertiary/aromatic N) is 2. The molecule has 37 heavy (non-hydrogen) atoms. The molecule has 2 aromatic heterocycles. The second-order valence-corrected chi connectivity index (χ2v) is 11.9. The zero-order chi connectivity index (χ0) is 27.0. The van der Waals surface area contributed by atoms with E-state index in [9.17, 15) is 13.8 Å². The number of carbonyl (C=O) groups is 2. The fraction of sp³-hybridized carbons (Fsp3) is 0.444. The molecule has 0 bridgehead atoms. The summed E-state index contributed by atoms with van der Waals surface area (Å²) in [5, 5.41) is 7.55. The number of ether oxygens (including phenoxy) is 1. The third-order valence-electron chi connectivity index (χ3n) is 6.11. The van der Waals surface area contributed by atoms with Gasteiger partial charge in [0.05, 0.1) is 31.0 Å². The fourth-order valence-electron chi connectivity index (χ4n) is 4.09. The molecule has 4 rings (SSSR count). The maximum atomic E-state index is 12.0. The first-order valence-corrected chi connectivity index (χ1v) is 14.7. The Balaban J connectivity index is 0.000000319. The van der Waals surface area contributed by atoms with Crippen molar-refractivity contribution in [3.63, 3.8) is 0 Å². The SMILES string of the molecule is CCC1(CC(C)C)COC1.Cc1cccc(-c2csc(NC(=O)CNC(=O)c3ccn(S(C)=O)c3)n2)c1. The summed E-state index contributed by atoms with van der Waals surface area (Å²) in [5.41, 5.74) is 3.81. The highest BCUT2D eigenvalue weighted by atomic mass is 32.2. The molecule has 10 heteroatoms. The van der Waals surface area contributed by atoms with Crippen LogP contribution in [0.15, 0.2) is 48.1 Å². The number of anilines is 1. The maximum Gasteiger partial charge on any atom is 0.253 e. The number of rotatable bonds is 9. The Morgan fingerprint density at radius 1 is 1.27 bits per heavy atom. The highest BCUT2D eigenvalue weighted by Crippen LogP contribution is 2.37. The normalized spacial score (nSPS) is 14.8. The zero-order valence-electron chi connectivity index (χ0n) is 22.1. The van der Waals surface area contributed by atoms with Gasteiger partial charge in [-0.2, -0.15) is 0 Å². The van der Waals surface area contributed by atoms with Gasteiger partial charge in [0.2, 0.25) is 5.91 Å². The third kappa shape index (κ3) is 8.34. The molecular formula is C27H36N4O4S2. The van der Waals surface area contributed by atoms with E-state index in [1.165, 1.54) is 40.6 Å². The minimum absolute atomic E-state index is 0.182. The topological polar surface area (TPSA) is 102 Å². The van der Waals surface area contributed by atoms with Gasteiger partial charge in [-0.25, -0.2) is 9.19 Å². The van der Waals surface area contributed by atoms with E-state index < -0.39 is 16.9 Å². The van der Waals surface area contributed by atoms with Gasteiger partial charge >= 0.3 is 0 Å². The first-order valence-electron chi connectivity index (χ1n) is 12.3.